The lowest BCUT2D eigenvalue weighted by atomic mass is 10.1. The highest BCUT2D eigenvalue weighted by molar-refractivity contribution is 7.91. The molecule has 0 radical (unpaired) electrons. The molecule has 8 heteroatoms. The molecule has 4 rings (SSSR count). The van der Waals surface area contributed by atoms with Gasteiger partial charge in [0.25, 0.3) is 5.03 Å². The fourth-order valence-corrected chi connectivity index (χ4v) is 5.16. The fraction of sp³-hybridized carbons (Fsp3) is 0.455. The highest BCUT2D eigenvalue weighted by atomic mass is 32.2. The molecule has 0 aliphatic heterocycles. The Morgan fingerprint density at radius 1 is 1.20 bits per heavy atom. The summed E-state index contributed by atoms with van der Waals surface area (Å²) in [5, 5.41) is 0.613. The van der Waals surface area contributed by atoms with Crippen molar-refractivity contribution in [3.8, 4) is 11.3 Å². The third kappa shape index (κ3) is 4.19. The van der Waals surface area contributed by atoms with Gasteiger partial charge in [0, 0.05) is 42.2 Å². The number of imidazole rings is 1. The first-order valence-electron chi connectivity index (χ1n) is 10.3. The van der Waals surface area contributed by atoms with Crippen LogP contribution in [-0.2, 0) is 22.4 Å². The van der Waals surface area contributed by atoms with Gasteiger partial charge in [-0.3, -0.25) is 9.38 Å². The Morgan fingerprint density at radius 2 is 1.97 bits per heavy atom. The van der Waals surface area contributed by atoms with Gasteiger partial charge in [0.1, 0.15) is 18.2 Å². The van der Waals surface area contributed by atoms with E-state index in [9.17, 15) is 9.11 Å². The van der Waals surface area contributed by atoms with Gasteiger partial charge in [-0.15, -0.1) is 0 Å². The van der Waals surface area contributed by atoms with Crippen molar-refractivity contribution in [2.24, 2.45) is 5.92 Å². The van der Waals surface area contributed by atoms with Crippen molar-refractivity contribution in [3.05, 3.63) is 36.2 Å². The number of aromatic nitrogens is 3. The molecule has 0 spiro atoms. The Hall–Kier alpha value is -1.74. The van der Waals surface area contributed by atoms with E-state index in [-0.39, 0.29) is 0 Å². The van der Waals surface area contributed by atoms with Crippen LogP contribution in [-0.4, -0.2) is 49.1 Å². The van der Waals surface area contributed by atoms with E-state index < -0.39 is 22.4 Å². The quantitative estimate of drug-likeness (QED) is 0.494. The minimum absolute atomic E-state index is 0.613. The van der Waals surface area contributed by atoms with E-state index >= 15 is 0 Å². The summed E-state index contributed by atoms with van der Waals surface area (Å²) in [5.41, 5.74) is 3.41. The number of nitrogens with zero attached hydrogens (tertiary/aromatic N) is 4. The van der Waals surface area contributed by atoms with Crippen LogP contribution in [0.15, 0.2) is 40.5 Å². The number of hydrogen-bond acceptors (Lipinski definition) is 5. The van der Waals surface area contributed by atoms with Crippen LogP contribution in [0.3, 0.4) is 0 Å². The van der Waals surface area contributed by atoms with Gasteiger partial charge in [-0.1, -0.05) is 6.92 Å². The van der Waals surface area contributed by atoms with Gasteiger partial charge < -0.3 is 14.0 Å². The molecule has 1 aromatic carbocycles. The molecule has 1 aliphatic rings. The predicted octanol–water partition coefficient (Wildman–Crippen LogP) is 3.81. The molecule has 1 saturated carbocycles. The molecule has 0 saturated heterocycles. The average molecular weight is 445 g/mol. The molecule has 30 heavy (non-hydrogen) atoms. The summed E-state index contributed by atoms with van der Waals surface area (Å²) in [5.74, 6) is 1.64. The number of aryl methyl sites for hydroxylation is 1. The van der Waals surface area contributed by atoms with E-state index in [1.165, 1.54) is 12.8 Å². The normalized spacial score (nSPS) is 16.1. The lowest BCUT2D eigenvalue weighted by Gasteiger charge is -2.24. The fourth-order valence-electron chi connectivity index (χ4n) is 3.86. The van der Waals surface area contributed by atoms with Crippen LogP contribution < -0.4 is 4.90 Å². The van der Waals surface area contributed by atoms with E-state index in [0.29, 0.717) is 16.6 Å². The number of rotatable bonds is 8. The third-order valence-corrected chi connectivity index (χ3v) is 7.25. The summed E-state index contributed by atoms with van der Waals surface area (Å²) in [6.45, 7) is 6.04. The molecule has 2 aromatic heterocycles. The number of benzene rings is 1. The SMILES string of the molecule is CCCN(CC1CC1)c1c([S+](C)[O-])nc2c(-c3ccc([S+](C)[O-])cc3C)nccn12. The molecule has 0 bridgehead atoms. The Balaban J connectivity index is 1.88. The Kier molecular flexibility index (Phi) is 6.29. The zero-order chi connectivity index (χ0) is 21.4. The molecule has 3 aromatic rings. The molecule has 2 atom stereocenters. The summed E-state index contributed by atoms with van der Waals surface area (Å²) < 4.78 is 26.5. The Morgan fingerprint density at radius 3 is 2.57 bits per heavy atom. The molecule has 0 amide bonds. The van der Waals surface area contributed by atoms with Gasteiger partial charge in [-0.25, -0.2) is 0 Å². The van der Waals surface area contributed by atoms with Crippen molar-refractivity contribution >= 4 is 33.8 Å². The second-order valence-electron chi connectivity index (χ2n) is 7.98. The second-order valence-corrected chi connectivity index (χ2v) is 10.7. The van der Waals surface area contributed by atoms with E-state index in [4.69, 9.17) is 4.98 Å². The number of fused-ring (bicyclic) bond motifs is 1. The predicted molar refractivity (Wildman–Crippen MR) is 123 cm³/mol. The minimum atomic E-state index is -1.21. The zero-order valence-corrected chi connectivity index (χ0v) is 19.6. The standard InChI is InChI=1S/C22H28N4O2S2/c1-5-11-25(14-16-6-7-16)22-21(30(4)28)24-20-19(23-10-12-26(20)22)18-9-8-17(29(3)27)13-15(18)2/h8-10,12-13,16H,5-7,11,14H2,1-4H3. The molecule has 2 heterocycles. The number of hydrogen-bond donors (Lipinski definition) is 0. The van der Waals surface area contributed by atoms with E-state index in [1.54, 1.807) is 18.7 Å². The van der Waals surface area contributed by atoms with Crippen molar-refractivity contribution in [2.45, 2.75) is 43.0 Å². The summed E-state index contributed by atoms with van der Waals surface area (Å²) in [4.78, 5) is 12.6. The van der Waals surface area contributed by atoms with Crippen LogP contribution in [0, 0.1) is 12.8 Å². The first-order chi connectivity index (χ1) is 14.4. The van der Waals surface area contributed by atoms with E-state index in [0.717, 1.165) is 47.0 Å². The van der Waals surface area contributed by atoms with E-state index in [1.807, 2.05) is 35.7 Å². The van der Waals surface area contributed by atoms with Crippen molar-refractivity contribution in [2.75, 3.05) is 30.5 Å². The molecule has 0 N–H and O–H groups in total. The van der Waals surface area contributed by atoms with Crippen LogP contribution in [0.2, 0.25) is 0 Å². The highest BCUT2D eigenvalue weighted by Gasteiger charge is 2.31. The zero-order valence-electron chi connectivity index (χ0n) is 17.9. The Bertz CT molecular complexity index is 1050. The smallest absolute Gasteiger partial charge is 0.287 e. The molecule has 2 unspecified atom stereocenters. The molecule has 160 valence electrons. The van der Waals surface area contributed by atoms with Gasteiger partial charge in [0.2, 0.25) is 0 Å². The van der Waals surface area contributed by atoms with Gasteiger partial charge >= 0.3 is 0 Å². The second kappa shape index (κ2) is 8.78. The van der Waals surface area contributed by atoms with Crippen molar-refractivity contribution in [3.63, 3.8) is 0 Å². The topological polar surface area (TPSA) is 79.5 Å². The van der Waals surface area contributed by atoms with Crippen molar-refractivity contribution in [1.29, 1.82) is 0 Å². The third-order valence-electron chi connectivity index (χ3n) is 5.51. The van der Waals surface area contributed by atoms with Crippen LogP contribution >= 0.6 is 0 Å². The van der Waals surface area contributed by atoms with Crippen LogP contribution in [0.25, 0.3) is 16.9 Å². The monoisotopic (exact) mass is 444 g/mol. The molecular formula is C22H28N4O2S2. The van der Waals surface area contributed by atoms with Crippen molar-refractivity contribution < 1.29 is 9.11 Å². The average Bonchev–Trinajstić information content (AvgIpc) is 3.43. The number of anilines is 1. The molecule has 6 nitrogen and oxygen atoms in total. The first kappa shape index (κ1) is 21.5. The van der Waals surface area contributed by atoms with Gasteiger partial charge in [0.15, 0.2) is 16.4 Å². The first-order valence-corrected chi connectivity index (χ1v) is 13.4. The minimum Gasteiger partial charge on any atom is -0.612 e. The van der Waals surface area contributed by atoms with Crippen LogP contribution in [0.4, 0.5) is 5.82 Å². The maximum atomic E-state index is 12.6. The van der Waals surface area contributed by atoms with Gasteiger partial charge in [-0.05, 0) is 67.0 Å². The molecule has 1 fully saturated rings. The lowest BCUT2D eigenvalue weighted by molar-refractivity contribution is 0.596. The van der Waals surface area contributed by atoms with Crippen molar-refractivity contribution in [1.82, 2.24) is 14.4 Å². The van der Waals surface area contributed by atoms with Gasteiger partial charge in [0.05, 0.1) is 0 Å². The molecule has 1 aliphatic carbocycles. The van der Waals surface area contributed by atoms with Gasteiger partial charge in [-0.2, -0.15) is 4.98 Å². The maximum absolute atomic E-state index is 12.6. The Labute approximate surface area is 184 Å². The lowest BCUT2D eigenvalue weighted by Crippen LogP contribution is -2.29. The summed E-state index contributed by atoms with van der Waals surface area (Å²) in [6, 6.07) is 5.78. The largest absolute Gasteiger partial charge is 0.612 e. The molecular weight excluding hydrogens is 416 g/mol. The van der Waals surface area contributed by atoms with Crippen LogP contribution in [0.5, 0.6) is 0 Å². The summed E-state index contributed by atoms with van der Waals surface area (Å²) in [6.07, 6.45) is 10.6. The summed E-state index contributed by atoms with van der Waals surface area (Å²) in [7, 11) is 0. The summed E-state index contributed by atoms with van der Waals surface area (Å²) >= 11 is -2.25. The van der Waals surface area contributed by atoms with Crippen LogP contribution in [0.1, 0.15) is 31.7 Å². The highest BCUT2D eigenvalue weighted by Crippen LogP contribution is 2.36. The van der Waals surface area contributed by atoms with E-state index in [2.05, 4.69) is 16.8 Å². The maximum Gasteiger partial charge on any atom is 0.287 e.